The Morgan fingerprint density at radius 1 is 1.37 bits per heavy atom. The zero-order chi connectivity index (χ0) is 14.0. The van der Waals surface area contributed by atoms with Gasteiger partial charge >= 0.3 is 5.97 Å². The third-order valence-corrected chi connectivity index (χ3v) is 5.27. The van der Waals surface area contributed by atoms with Crippen LogP contribution >= 0.6 is 22.7 Å². The summed E-state index contributed by atoms with van der Waals surface area (Å²) in [4.78, 5) is 17.6. The third-order valence-electron chi connectivity index (χ3n) is 2.70. The van der Waals surface area contributed by atoms with E-state index in [0.29, 0.717) is 6.42 Å². The minimum atomic E-state index is -0.777. The van der Waals surface area contributed by atoms with Crippen molar-refractivity contribution in [3.63, 3.8) is 0 Å². The van der Waals surface area contributed by atoms with Crippen molar-refractivity contribution in [1.82, 2.24) is 4.98 Å². The molecular weight excluding hydrogens is 278 g/mol. The van der Waals surface area contributed by atoms with Gasteiger partial charge in [-0.1, -0.05) is 20.8 Å². The average molecular weight is 295 g/mol. The van der Waals surface area contributed by atoms with Crippen LogP contribution in [-0.2, 0) is 16.6 Å². The minimum absolute atomic E-state index is 0.140. The molecule has 0 spiro atoms. The molecule has 5 heteroatoms. The van der Waals surface area contributed by atoms with Crippen molar-refractivity contribution in [3.05, 3.63) is 28.1 Å². The zero-order valence-corrected chi connectivity index (χ0v) is 12.9. The standard InChI is InChI=1S/C14H17NO2S2/c1-14(2,3)11-6-5-10(19-11)13-15-9(8-18-13)4-7-12(16)17/h5-6,8H,4,7H2,1-3H3,(H,16,17). The molecule has 0 saturated heterocycles. The topological polar surface area (TPSA) is 50.2 Å². The molecule has 0 aliphatic carbocycles. The molecule has 0 aromatic carbocycles. The van der Waals surface area contributed by atoms with Gasteiger partial charge in [-0.3, -0.25) is 4.79 Å². The number of aryl methyl sites for hydroxylation is 1. The molecule has 0 aliphatic rings. The van der Waals surface area contributed by atoms with Crippen LogP contribution in [-0.4, -0.2) is 16.1 Å². The van der Waals surface area contributed by atoms with E-state index >= 15 is 0 Å². The molecule has 0 radical (unpaired) electrons. The van der Waals surface area contributed by atoms with Gasteiger partial charge in [0.05, 0.1) is 17.0 Å². The highest BCUT2D eigenvalue weighted by atomic mass is 32.1. The molecule has 2 aromatic rings. The number of hydrogen-bond donors (Lipinski definition) is 1. The van der Waals surface area contributed by atoms with Crippen LogP contribution in [0.2, 0.25) is 0 Å². The summed E-state index contributed by atoms with van der Waals surface area (Å²) in [6.07, 6.45) is 0.643. The SMILES string of the molecule is CC(C)(C)c1ccc(-c2nc(CCC(=O)O)cs2)s1. The van der Waals surface area contributed by atoms with E-state index in [1.165, 1.54) is 4.88 Å². The molecule has 2 rings (SSSR count). The summed E-state index contributed by atoms with van der Waals surface area (Å²) in [5.74, 6) is -0.777. The van der Waals surface area contributed by atoms with Crippen molar-refractivity contribution in [2.45, 2.75) is 39.0 Å². The first-order valence-corrected chi connectivity index (χ1v) is 7.83. The van der Waals surface area contributed by atoms with Crippen molar-refractivity contribution in [2.75, 3.05) is 0 Å². The predicted octanol–water partition coefficient (Wildman–Crippen LogP) is 4.19. The van der Waals surface area contributed by atoms with E-state index in [4.69, 9.17) is 5.11 Å². The van der Waals surface area contributed by atoms with Crippen LogP contribution in [0.4, 0.5) is 0 Å². The Labute approximate surface area is 120 Å². The maximum absolute atomic E-state index is 10.5. The highest BCUT2D eigenvalue weighted by molar-refractivity contribution is 7.21. The lowest BCUT2D eigenvalue weighted by molar-refractivity contribution is -0.136. The van der Waals surface area contributed by atoms with Gasteiger partial charge in [-0.15, -0.1) is 22.7 Å². The molecule has 0 bridgehead atoms. The molecule has 0 fully saturated rings. The Bertz CT molecular complexity index is 578. The summed E-state index contributed by atoms with van der Waals surface area (Å²) < 4.78 is 0. The van der Waals surface area contributed by atoms with Gasteiger partial charge in [0.25, 0.3) is 0 Å². The molecule has 1 N–H and O–H groups in total. The molecule has 102 valence electrons. The molecule has 2 heterocycles. The monoisotopic (exact) mass is 295 g/mol. The Balaban J connectivity index is 2.14. The Hall–Kier alpha value is -1.20. The summed E-state index contributed by atoms with van der Waals surface area (Å²) in [6.45, 7) is 6.59. The Kier molecular flexibility index (Phi) is 4.06. The molecule has 0 aliphatic heterocycles. The van der Waals surface area contributed by atoms with Crippen LogP contribution < -0.4 is 0 Å². The van der Waals surface area contributed by atoms with Crippen LogP contribution in [0.1, 0.15) is 37.8 Å². The van der Waals surface area contributed by atoms with Crippen LogP contribution in [0, 0.1) is 0 Å². The number of carbonyl (C=O) groups is 1. The van der Waals surface area contributed by atoms with Crippen molar-refractivity contribution >= 4 is 28.6 Å². The fourth-order valence-electron chi connectivity index (χ4n) is 1.63. The van der Waals surface area contributed by atoms with Gasteiger partial charge in [-0.2, -0.15) is 0 Å². The normalized spacial score (nSPS) is 11.7. The first-order chi connectivity index (χ1) is 8.86. The molecule has 2 aromatic heterocycles. The number of thiophene rings is 1. The molecule has 19 heavy (non-hydrogen) atoms. The van der Waals surface area contributed by atoms with Crippen LogP contribution in [0.5, 0.6) is 0 Å². The van der Waals surface area contributed by atoms with E-state index in [0.717, 1.165) is 15.6 Å². The van der Waals surface area contributed by atoms with Gasteiger partial charge in [-0.25, -0.2) is 4.98 Å². The fourth-order valence-corrected chi connectivity index (χ4v) is 3.62. The summed E-state index contributed by atoms with van der Waals surface area (Å²) in [6, 6.07) is 4.25. The summed E-state index contributed by atoms with van der Waals surface area (Å²) in [5, 5.41) is 11.6. The smallest absolute Gasteiger partial charge is 0.303 e. The first kappa shape index (κ1) is 14.2. The van der Waals surface area contributed by atoms with Gasteiger partial charge in [0, 0.05) is 16.7 Å². The number of carboxylic acids is 1. The number of nitrogens with zero attached hydrogens (tertiary/aromatic N) is 1. The van der Waals surface area contributed by atoms with Gasteiger partial charge < -0.3 is 5.11 Å². The van der Waals surface area contributed by atoms with Crippen molar-refractivity contribution < 1.29 is 9.90 Å². The second-order valence-electron chi connectivity index (χ2n) is 5.45. The van der Waals surface area contributed by atoms with E-state index in [9.17, 15) is 4.79 Å². The number of thiazole rings is 1. The first-order valence-electron chi connectivity index (χ1n) is 6.13. The predicted molar refractivity (Wildman–Crippen MR) is 80.1 cm³/mol. The highest BCUT2D eigenvalue weighted by Crippen LogP contribution is 2.36. The largest absolute Gasteiger partial charge is 0.481 e. The van der Waals surface area contributed by atoms with E-state index in [1.54, 1.807) is 22.7 Å². The van der Waals surface area contributed by atoms with Gasteiger partial charge in [0.15, 0.2) is 0 Å². The second-order valence-corrected chi connectivity index (χ2v) is 7.39. The van der Waals surface area contributed by atoms with Gasteiger partial charge in [0.1, 0.15) is 5.01 Å². The minimum Gasteiger partial charge on any atom is -0.481 e. The lowest BCUT2D eigenvalue weighted by Gasteiger charge is -2.15. The molecular formula is C14H17NO2S2. The molecule has 0 unspecified atom stereocenters. The number of hydrogen-bond acceptors (Lipinski definition) is 4. The van der Waals surface area contributed by atoms with Crippen LogP contribution in [0.25, 0.3) is 9.88 Å². The molecule has 3 nitrogen and oxygen atoms in total. The molecule has 0 amide bonds. The second kappa shape index (κ2) is 5.43. The van der Waals surface area contributed by atoms with E-state index in [2.05, 4.69) is 37.9 Å². The van der Waals surface area contributed by atoms with Crippen molar-refractivity contribution in [2.24, 2.45) is 0 Å². The maximum atomic E-state index is 10.5. The number of aromatic nitrogens is 1. The van der Waals surface area contributed by atoms with Gasteiger partial charge in [0.2, 0.25) is 0 Å². The van der Waals surface area contributed by atoms with Crippen LogP contribution in [0.15, 0.2) is 17.5 Å². The zero-order valence-electron chi connectivity index (χ0n) is 11.3. The highest BCUT2D eigenvalue weighted by Gasteiger charge is 2.17. The van der Waals surface area contributed by atoms with Crippen LogP contribution in [0.3, 0.4) is 0 Å². The van der Waals surface area contributed by atoms with Crippen molar-refractivity contribution in [3.8, 4) is 9.88 Å². The van der Waals surface area contributed by atoms with E-state index < -0.39 is 5.97 Å². The summed E-state index contributed by atoms with van der Waals surface area (Å²) in [5.41, 5.74) is 1.03. The van der Waals surface area contributed by atoms with Gasteiger partial charge in [-0.05, 0) is 17.5 Å². The lowest BCUT2D eigenvalue weighted by atomic mass is 9.95. The number of rotatable bonds is 4. The Morgan fingerprint density at radius 2 is 2.11 bits per heavy atom. The fraction of sp³-hybridized carbons (Fsp3) is 0.429. The Morgan fingerprint density at radius 3 is 2.68 bits per heavy atom. The maximum Gasteiger partial charge on any atom is 0.303 e. The quantitative estimate of drug-likeness (QED) is 0.920. The molecule has 0 atom stereocenters. The van der Waals surface area contributed by atoms with Crippen molar-refractivity contribution in [1.29, 1.82) is 0 Å². The average Bonchev–Trinajstić information content (AvgIpc) is 2.94. The summed E-state index contributed by atoms with van der Waals surface area (Å²) >= 11 is 3.35. The van der Waals surface area contributed by atoms with E-state index in [1.807, 2.05) is 5.38 Å². The number of carboxylic acid groups (broad SMARTS) is 1. The lowest BCUT2D eigenvalue weighted by Crippen LogP contribution is -2.07. The number of aliphatic carboxylic acids is 1. The summed E-state index contributed by atoms with van der Waals surface area (Å²) in [7, 11) is 0. The van der Waals surface area contributed by atoms with E-state index in [-0.39, 0.29) is 11.8 Å². The third kappa shape index (κ3) is 3.64. The molecule has 0 saturated carbocycles.